The van der Waals surface area contributed by atoms with E-state index in [1.807, 2.05) is 20.8 Å². The predicted octanol–water partition coefficient (Wildman–Crippen LogP) is 3.17. The lowest BCUT2D eigenvalue weighted by molar-refractivity contribution is -0.385. The van der Waals surface area contributed by atoms with E-state index < -0.39 is 10.2 Å². The van der Waals surface area contributed by atoms with Crippen LogP contribution in [0.3, 0.4) is 0 Å². The van der Waals surface area contributed by atoms with Gasteiger partial charge in [-0.2, -0.15) is 0 Å². The highest BCUT2D eigenvalue weighted by Crippen LogP contribution is 2.28. The molecule has 0 fully saturated rings. The van der Waals surface area contributed by atoms with Crippen LogP contribution >= 0.6 is 11.6 Å². The molecule has 6 nitrogen and oxygen atoms in total. The van der Waals surface area contributed by atoms with E-state index >= 15 is 0 Å². The van der Waals surface area contributed by atoms with Gasteiger partial charge in [0.05, 0.1) is 17.1 Å². The zero-order chi connectivity index (χ0) is 15.3. The number of nitrogens with zero attached hydrogens (tertiary/aromatic N) is 1. The average Bonchev–Trinajstić information content (AvgIpc) is 2.33. The van der Waals surface area contributed by atoms with Crippen molar-refractivity contribution in [1.82, 2.24) is 0 Å². The number of nitro benzene ring substituents is 1. The Morgan fingerprint density at radius 2 is 2.00 bits per heavy atom. The highest BCUT2D eigenvalue weighted by Gasteiger charge is 2.18. The molecule has 0 bridgehead atoms. The van der Waals surface area contributed by atoms with Crippen LogP contribution in [-0.2, 0) is 4.74 Å². The Morgan fingerprint density at radius 3 is 2.50 bits per heavy atom. The molecule has 0 radical (unpaired) electrons. The second-order valence-electron chi connectivity index (χ2n) is 5.02. The molecular weight excluding hydrogens is 286 g/mol. The van der Waals surface area contributed by atoms with E-state index in [0.29, 0.717) is 0 Å². The van der Waals surface area contributed by atoms with Crippen molar-refractivity contribution in [3.05, 3.63) is 33.9 Å². The van der Waals surface area contributed by atoms with Gasteiger partial charge in [-0.15, -0.1) is 0 Å². The first kappa shape index (κ1) is 16.4. The molecule has 110 valence electrons. The van der Waals surface area contributed by atoms with Gasteiger partial charge in [0.2, 0.25) is 0 Å². The molecule has 0 N–H and O–H groups in total. The molecule has 0 spiro atoms. The molecule has 0 atom stereocenters. The van der Waals surface area contributed by atoms with Crippen molar-refractivity contribution in [2.75, 3.05) is 13.2 Å². The van der Waals surface area contributed by atoms with E-state index in [9.17, 15) is 14.9 Å². The van der Waals surface area contributed by atoms with Crippen LogP contribution < -0.4 is 4.74 Å². The van der Waals surface area contributed by atoms with Gasteiger partial charge >= 0.3 is 5.69 Å². The van der Waals surface area contributed by atoms with Gasteiger partial charge < -0.3 is 9.47 Å². The van der Waals surface area contributed by atoms with E-state index in [1.54, 1.807) is 0 Å². The van der Waals surface area contributed by atoms with Crippen LogP contribution in [0.25, 0.3) is 0 Å². The molecule has 0 unspecified atom stereocenters. The first-order valence-electron chi connectivity index (χ1n) is 5.96. The summed E-state index contributed by atoms with van der Waals surface area (Å²) in [6.45, 7) is 6.09. The largest absolute Gasteiger partial charge is 0.484 e. The second kappa shape index (κ2) is 6.67. The average molecular weight is 302 g/mol. The Hall–Kier alpha value is -1.66. The minimum Gasteiger partial charge on any atom is -0.484 e. The topological polar surface area (TPSA) is 78.7 Å². The zero-order valence-electron chi connectivity index (χ0n) is 11.5. The van der Waals surface area contributed by atoms with Gasteiger partial charge in [-0.05, 0) is 44.5 Å². The van der Waals surface area contributed by atoms with Crippen LogP contribution in [0.2, 0.25) is 0 Å². The Balaban J connectivity index is 2.78. The summed E-state index contributed by atoms with van der Waals surface area (Å²) in [7, 11) is 0. The number of carbonyl (C=O) groups is 1. The second-order valence-corrected chi connectivity index (χ2v) is 5.37. The summed E-state index contributed by atoms with van der Waals surface area (Å²) in [5.41, 5.74) is -0.394. The maximum absolute atomic E-state index is 11.1. The summed E-state index contributed by atoms with van der Waals surface area (Å²) in [5, 5.41) is 10.2. The van der Waals surface area contributed by atoms with Gasteiger partial charge in [0.1, 0.15) is 6.61 Å². The summed E-state index contributed by atoms with van der Waals surface area (Å²) in [5.74, 6) is -0.000917. The summed E-state index contributed by atoms with van der Waals surface area (Å²) >= 11 is 5.34. The highest BCUT2D eigenvalue weighted by atomic mass is 35.5. The number of benzene rings is 1. The quantitative estimate of drug-likeness (QED) is 0.349. The van der Waals surface area contributed by atoms with Gasteiger partial charge in [0, 0.05) is 11.6 Å². The summed E-state index contributed by atoms with van der Waals surface area (Å²) in [6.07, 6.45) is 0. The minimum atomic E-state index is -0.698. The molecule has 0 aliphatic carbocycles. The molecule has 0 saturated heterocycles. The van der Waals surface area contributed by atoms with Crippen LogP contribution in [0.1, 0.15) is 31.1 Å². The van der Waals surface area contributed by atoms with Crippen LogP contribution in [0.4, 0.5) is 5.69 Å². The normalized spacial score (nSPS) is 11.2. The molecule has 0 amide bonds. The van der Waals surface area contributed by atoms with Gasteiger partial charge in [-0.25, -0.2) is 0 Å². The molecule has 0 heterocycles. The Labute approximate surface area is 121 Å². The molecule has 7 heteroatoms. The van der Waals surface area contributed by atoms with Crippen LogP contribution in [0.5, 0.6) is 5.75 Å². The standard InChI is InChI=1S/C13H16ClNO5/c1-13(2,3)20-7-6-19-11-8-9(12(14)16)4-5-10(11)15(17)18/h4-5,8H,6-7H2,1-3H3. The number of ether oxygens (including phenoxy) is 2. The van der Waals surface area contributed by atoms with Gasteiger partial charge in [-0.3, -0.25) is 14.9 Å². The van der Waals surface area contributed by atoms with Crippen LogP contribution in [-0.4, -0.2) is 29.0 Å². The van der Waals surface area contributed by atoms with Crippen LogP contribution in [0, 0.1) is 10.1 Å². The van der Waals surface area contributed by atoms with Gasteiger partial charge in [0.25, 0.3) is 5.24 Å². The Morgan fingerprint density at radius 1 is 1.35 bits per heavy atom. The highest BCUT2D eigenvalue weighted by molar-refractivity contribution is 6.67. The maximum Gasteiger partial charge on any atom is 0.310 e. The fourth-order valence-electron chi connectivity index (χ4n) is 1.40. The number of carbonyl (C=O) groups excluding carboxylic acids is 1. The van der Waals surface area contributed by atoms with Crippen molar-refractivity contribution >= 4 is 22.5 Å². The first-order valence-corrected chi connectivity index (χ1v) is 6.33. The SMILES string of the molecule is CC(C)(C)OCCOc1cc(C(=O)Cl)ccc1[N+](=O)[O-]. The van der Waals surface area contributed by atoms with E-state index in [-0.39, 0.29) is 35.8 Å². The van der Waals surface area contributed by atoms with Crippen molar-refractivity contribution < 1.29 is 19.2 Å². The number of halogens is 1. The van der Waals surface area contributed by atoms with Crippen molar-refractivity contribution in [2.24, 2.45) is 0 Å². The van der Waals surface area contributed by atoms with Gasteiger partial charge in [0.15, 0.2) is 5.75 Å². The Bertz CT molecular complexity index is 510. The lowest BCUT2D eigenvalue weighted by atomic mass is 10.2. The van der Waals surface area contributed by atoms with Crippen molar-refractivity contribution in [2.45, 2.75) is 26.4 Å². The summed E-state index contributed by atoms with van der Waals surface area (Å²) in [4.78, 5) is 21.3. The van der Waals surface area contributed by atoms with E-state index in [0.717, 1.165) is 0 Å². The molecule has 0 aliphatic rings. The molecule has 1 rings (SSSR count). The molecule has 1 aromatic rings. The first-order chi connectivity index (χ1) is 9.20. The number of rotatable bonds is 6. The predicted molar refractivity (Wildman–Crippen MR) is 74.5 cm³/mol. The zero-order valence-corrected chi connectivity index (χ0v) is 12.3. The summed E-state index contributed by atoms with van der Waals surface area (Å²) < 4.78 is 10.7. The molecule has 20 heavy (non-hydrogen) atoms. The van der Waals surface area contributed by atoms with Crippen molar-refractivity contribution in [3.63, 3.8) is 0 Å². The van der Waals surface area contributed by atoms with E-state index in [2.05, 4.69) is 0 Å². The smallest absolute Gasteiger partial charge is 0.310 e. The van der Waals surface area contributed by atoms with Crippen LogP contribution in [0.15, 0.2) is 18.2 Å². The third-order valence-corrected chi connectivity index (χ3v) is 2.48. The minimum absolute atomic E-state index is 0.000917. The lowest BCUT2D eigenvalue weighted by Crippen LogP contribution is -2.22. The molecule has 0 saturated carbocycles. The third-order valence-electron chi connectivity index (χ3n) is 2.26. The summed E-state index contributed by atoms with van der Waals surface area (Å²) in [6, 6.07) is 3.73. The fourth-order valence-corrected chi connectivity index (χ4v) is 1.52. The van der Waals surface area contributed by atoms with E-state index in [1.165, 1.54) is 18.2 Å². The van der Waals surface area contributed by atoms with Crippen molar-refractivity contribution in [3.8, 4) is 5.75 Å². The molecular formula is C13H16ClNO5. The molecule has 1 aromatic carbocycles. The molecule has 0 aliphatic heterocycles. The molecule has 0 aromatic heterocycles. The van der Waals surface area contributed by atoms with Crippen molar-refractivity contribution in [1.29, 1.82) is 0 Å². The van der Waals surface area contributed by atoms with Gasteiger partial charge in [-0.1, -0.05) is 0 Å². The third kappa shape index (κ3) is 5.14. The number of hydrogen-bond donors (Lipinski definition) is 0. The maximum atomic E-state index is 11.1. The van der Waals surface area contributed by atoms with E-state index in [4.69, 9.17) is 21.1 Å². The lowest BCUT2D eigenvalue weighted by Gasteiger charge is -2.19. The number of nitro groups is 1. The monoisotopic (exact) mass is 301 g/mol. The Kier molecular flexibility index (Phi) is 5.47. The number of hydrogen-bond acceptors (Lipinski definition) is 5. The fraction of sp³-hybridized carbons (Fsp3) is 0.462.